The zero-order chi connectivity index (χ0) is 14.9. The zero-order valence-electron chi connectivity index (χ0n) is 11.2. The molecule has 0 saturated heterocycles. The number of nitrogens with two attached hydrogens (primary N) is 1. The zero-order valence-corrected chi connectivity index (χ0v) is 12.0. The Morgan fingerprint density at radius 2 is 2.20 bits per heavy atom. The summed E-state index contributed by atoms with van der Waals surface area (Å²) in [4.78, 5) is 23.1. The molecule has 2 amide bonds. The number of fused-ring (bicyclic) bond motifs is 1. The molecule has 0 saturated carbocycles. The molecule has 0 bridgehead atoms. The van der Waals surface area contributed by atoms with Crippen LogP contribution in [0.1, 0.15) is 13.8 Å². The Morgan fingerprint density at radius 1 is 1.50 bits per heavy atom. The van der Waals surface area contributed by atoms with E-state index in [0.29, 0.717) is 22.1 Å². The number of hydrogen-bond donors (Lipinski definition) is 3. The van der Waals surface area contributed by atoms with Gasteiger partial charge in [-0.15, -0.1) is 0 Å². The van der Waals surface area contributed by atoms with Crippen LogP contribution >= 0.6 is 11.6 Å². The standard InChI is InChI=1S/C13H16ClN3O3/c1-6(2)12(15)13(19)17-8-4-10-9(3-7(8)14)16-11(18)5-20-10/h3-4,6,12H,5,15H2,1-2H3,(H,16,18)(H,17,19)/t12-/m0/s1. The first-order valence-electron chi connectivity index (χ1n) is 6.21. The number of rotatable bonds is 3. The Bertz CT molecular complexity index is 560. The summed E-state index contributed by atoms with van der Waals surface area (Å²) in [6.45, 7) is 3.65. The van der Waals surface area contributed by atoms with Gasteiger partial charge in [0.15, 0.2) is 6.61 Å². The molecule has 0 fully saturated rings. The van der Waals surface area contributed by atoms with Crippen molar-refractivity contribution < 1.29 is 14.3 Å². The van der Waals surface area contributed by atoms with Gasteiger partial charge in [0.05, 0.1) is 22.4 Å². The second-order valence-electron chi connectivity index (χ2n) is 4.92. The Morgan fingerprint density at radius 3 is 2.85 bits per heavy atom. The van der Waals surface area contributed by atoms with Gasteiger partial charge in [0.25, 0.3) is 5.91 Å². The molecule has 1 aliphatic heterocycles. The van der Waals surface area contributed by atoms with Gasteiger partial charge in [0.2, 0.25) is 5.91 Å². The Hall–Kier alpha value is -1.79. The molecule has 0 aliphatic carbocycles. The van der Waals surface area contributed by atoms with Crippen molar-refractivity contribution in [1.29, 1.82) is 0 Å². The van der Waals surface area contributed by atoms with E-state index in [2.05, 4.69) is 10.6 Å². The van der Waals surface area contributed by atoms with Gasteiger partial charge in [0.1, 0.15) is 5.75 Å². The smallest absolute Gasteiger partial charge is 0.262 e. The van der Waals surface area contributed by atoms with Crippen LogP contribution in [0.4, 0.5) is 11.4 Å². The van der Waals surface area contributed by atoms with E-state index in [-0.39, 0.29) is 24.3 Å². The average Bonchev–Trinajstić information content (AvgIpc) is 2.38. The quantitative estimate of drug-likeness (QED) is 0.790. The van der Waals surface area contributed by atoms with Crippen LogP contribution in [-0.4, -0.2) is 24.5 Å². The number of carbonyl (C=O) groups excluding carboxylic acids is 2. The highest BCUT2D eigenvalue weighted by molar-refractivity contribution is 6.34. The molecule has 1 aliphatic rings. The van der Waals surface area contributed by atoms with E-state index in [1.54, 1.807) is 6.07 Å². The second-order valence-corrected chi connectivity index (χ2v) is 5.33. The van der Waals surface area contributed by atoms with Gasteiger partial charge in [-0.3, -0.25) is 9.59 Å². The van der Waals surface area contributed by atoms with E-state index >= 15 is 0 Å². The fourth-order valence-electron chi connectivity index (χ4n) is 1.71. The third-order valence-corrected chi connectivity index (χ3v) is 3.29. The number of hydrogen-bond acceptors (Lipinski definition) is 4. The third-order valence-electron chi connectivity index (χ3n) is 2.98. The van der Waals surface area contributed by atoms with Gasteiger partial charge in [-0.1, -0.05) is 25.4 Å². The largest absolute Gasteiger partial charge is 0.482 e. The van der Waals surface area contributed by atoms with Gasteiger partial charge in [-0.05, 0) is 12.0 Å². The molecule has 0 radical (unpaired) electrons. The Labute approximate surface area is 121 Å². The molecule has 7 heteroatoms. The van der Waals surface area contributed by atoms with E-state index in [0.717, 1.165) is 0 Å². The monoisotopic (exact) mass is 297 g/mol. The van der Waals surface area contributed by atoms with Crippen LogP contribution in [0.15, 0.2) is 12.1 Å². The molecule has 2 rings (SSSR count). The Kier molecular flexibility index (Phi) is 4.15. The first kappa shape index (κ1) is 14.6. The average molecular weight is 298 g/mol. The molecule has 1 aromatic rings. The summed E-state index contributed by atoms with van der Waals surface area (Å²) in [6, 6.07) is 2.48. The highest BCUT2D eigenvalue weighted by atomic mass is 35.5. The number of halogens is 1. The van der Waals surface area contributed by atoms with Crippen molar-refractivity contribution >= 4 is 34.8 Å². The van der Waals surface area contributed by atoms with Crippen molar-refractivity contribution in [3.63, 3.8) is 0 Å². The number of benzene rings is 1. The maximum atomic E-state index is 11.9. The minimum atomic E-state index is -0.622. The molecule has 0 aromatic heterocycles. The first-order chi connectivity index (χ1) is 9.38. The summed E-state index contributed by atoms with van der Waals surface area (Å²) in [5.41, 5.74) is 6.66. The maximum Gasteiger partial charge on any atom is 0.262 e. The fourth-order valence-corrected chi connectivity index (χ4v) is 1.93. The first-order valence-corrected chi connectivity index (χ1v) is 6.59. The number of amides is 2. The highest BCUT2D eigenvalue weighted by Gasteiger charge is 2.21. The summed E-state index contributed by atoms with van der Waals surface area (Å²) >= 11 is 6.07. The fraction of sp³-hybridized carbons (Fsp3) is 0.385. The molecule has 108 valence electrons. The van der Waals surface area contributed by atoms with Gasteiger partial charge < -0.3 is 21.1 Å². The lowest BCUT2D eigenvalue weighted by Gasteiger charge is -2.21. The van der Waals surface area contributed by atoms with Crippen molar-refractivity contribution in [2.45, 2.75) is 19.9 Å². The van der Waals surface area contributed by atoms with Gasteiger partial charge in [0, 0.05) is 6.07 Å². The topological polar surface area (TPSA) is 93.5 Å². The predicted octanol–water partition coefficient (Wildman–Crippen LogP) is 1.59. The minimum Gasteiger partial charge on any atom is -0.482 e. The SMILES string of the molecule is CC(C)[C@H](N)C(=O)Nc1cc2c(cc1Cl)NC(=O)CO2. The maximum absolute atomic E-state index is 11.9. The highest BCUT2D eigenvalue weighted by Crippen LogP contribution is 2.36. The molecule has 1 aromatic carbocycles. The van der Waals surface area contributed by atoms with Crippen molar-refractivity contribution in [2.75, 3.05) is 17.2 Å². The number of carbonyl (C=O) groups is 2. The summed E-state index contributed by atoms with van der Waals surface area (Å²) in [7, 11) is 0. The molecular formula is C13H16ClN3O3. The van der Waals surface area contributed by atoms with E-state index < -0.39 is 6.04 Å². The van der Waals surface area contributed by atoms with E-state index in [1.807, 2.05) is 13.8 Å². The molecule has 1 atom stereocenters. The van der Waals surface area contributed by atoms with Crippen LogP contribution in [0.5, 0.6) is 5.75 Å². The predicted molar refractivity (Wildman–Crippen MR) is 77.0 cm³/mol. The van der Waals surface area contributed by atoms with Crippen molar-refractivity contribution in [1.82, 2.24) is 0 Å². The lowest BCUT2D eigenvalue weighted by molar-refractivity contribution is -0.119. The van der Waals surface area contributed by atoms with Crippen LogP contribution in [0.25, 0.3) is 0 Å². The molecule has 0 spiro atoms. The summed E-state index contributed by atoms with van der Waals surface area (Å²) in [6.07, 6.45) is 0. The van der Waals surface area contributed by atoms with Crippen molar-refractivity contribution in [3.05, 3.63) is 17.2 Å². The summed E-state index contributed by atoms with van der Waals surface area (Å²) in [5.74, 6) is -0.0850. The number of nitrogens with one attached hydrogen (secondary N) is 2. The van der Waals surface area contributed by atoms with Gasteiger partial charge in [-0.25, -0.2) is 0 Å². The normalized spacial score (nSPS) is 15.2. The second kappa shape index (κ2) is 5.68. The molecule has 6 nitrogen and oxygen atoms in total. The van der Waals surface area contributed by atoms with Gasteiger partial charge >= 0.3 is 0 Å². The molecule has 0 unspecified atom stereocenters. The van der Waals surface area contributed by atoms with Crippen LogP contribution in [0.3, 0.4) is 0 Å². The van der Waals surface area contributed by atoms with Crippen LogP contribution in [0, 0.1) is 5.92 Å². The van der Waals surface area contributed by atoms with Crippen LogP contribution < -0.4 is 21.1 Å². The Balaban J connectivity index is 2.21. The molecule has 1 heterocycles. The molecule has 4 N–H and O–H groups in total. The number of ether oxygens (including phenoxy) is 1. The lowest BCUT2D eigenvalue weighted by atomic mass is 10.0. The lowest BCUT2D eigenvalue weighted by Crippen LogP contribution is -2.39. The van der Waals surface area contributed by atoms with Crippen LogP contribution in [-0.2, 0) is 9.59 Å². The van der Waals surface area contributed by atoms with Crippen molar-refractivity contribution in [2.24, 2.45) is 11.7 Å². The van der Waals surface area contributed by atoms with Crippen molar-refractivity contribution in [3.8, 4) is 5.75 Å². The summed E-state index contributed by atoms with van der Waals surface area (Å²) in [5, 5.41) is 5.61. The van der Waals surface area contributed by atoms with Crippen LogP contribution in [0.2, 0.25) is 5.02 Å². The van der Waals surface area contributed by atoms with Gasteiger partial charge in [-0.2, -0.15) is 0 Å². The summed E-state index contributed by atoms with van der Waals surface area (Å²) < 4.78 is 5.27. The van der Waals surface area contributed by atoms with E-state index in [9.17, 15) is 9.59 Å². The third kappa shape index (κ3) is 3.02. The van der Waals surface area contributed by atoms with E-state index in [1.165, 1.54) is 6.07 Å². The molecule has 20 heavy (non-hydrogen) atoms. The molecular weight excluding hydrogens is 282 g/mol. The minimum absolute atomic E-state index is 0.0157. The van der Waals surface area contributed by atoms with E-state index in [4.69, 9.17) is 22.1 Å². The number of anilines is 2.